The number of hydrogen-bond donors (Lipinski definition) is 0. The minimum atomic E-state index is -0.192. The molecule has 4 heterocycles. The average molecular weight is 691 g/mol. The Kier molecular flexibility index (Phi) is 14.5. The lowest BCUT2D eigenvalue weighted by Crippen LogP contribution is -2.43. The number of hydrogen-bond acceptors (Lipinski definition) is 6. The zero-order valence-electron chi connectivity index (χ0n) is 33.6. The molecule has 0 aromatic carbocycles. The minimum absolute atomic E-state index is 0.117. The molecule has 2 aromatic rings. The highest BCUT2D eigenvalue weighted by Gasteiger charge is 2.28. The first-order valence-electron chi connectivity index (χ1n) is 17.0. The zero-order chi connectivity index (χ0) is 39.2. The van der Waals surface area contributed by atoms with Crippen molar-refractivity contribution in [3.05, 3.63) is 105 Å². The van der Waals surface area contributed by atoms with Crippen molar-refractivity contribution in [1.29, 1.82) is 0 Å². The van der Waals surface area contributed by atoms with E-state index in [-0.39, 0.29) is 45.3 Å². The van der Waals surface area contributed by atoms with Crippen LogP contribution < -0.4 is 11.4 Å². The second-order valence-electron chi connectivity index (χ2n) is 16.8. The van der Waals surface area contributed by atoms with E-state index in [4.69, 9.17) is 0 Å². The van der Waals surface area contributed by atoms with E-state index in [9.17, 15) is 19.2 Å². The average Bonchev–Trinajstić information content (AvgIpc) is 2.91. The largest absolute Gasteiger partial charge is 0.348 e. The first-order valence-corrected chi connectivity index (χ1v) is 17.0. The van der Waals surface area contributed by atoms with E-state index in [0.29, 0.717) is 12.8 Å². The number of amides is 2. The van der Waals surface area contributed by atoms with E-state index in [0.717, 1.165) is 33.7 Å². The van der Waals surface area contributed by atoms with Crippen LogP contribution in [0.1, 0.15) is 120 Å². The van der Waals surface area contributed by atoms with Gasteiger partial charge in [0.2, 0.25) is 11.8 Å². The Bertz CT molecular complexity index is 1750. The summed E-state index contributed by atoms with van der Waals surface area (Å²) in [6.45, 7) is 39.3. The van der Waals surface area contributed by atoms with Crippen molar-refractivity contribution in [2.75, 3.05) is 0 Å². The van der Waals surface area contributed by atoms with E-state index in [1.54, 1.807) is 25.1 Å². The van der Waals surface area contributed by atoms with Gasteiger partial charge in [0.25, 0.3) is 0 Å². The van der Waals surface area contributed by atoms with Crippen molar-refractivity contribution in [3.8, 4) is 0 Å². The molecule has 2 aliphatic heterocycles. The second kappa shape index (κ2) is 16.6. The third-order valence-electron chi connectivity index (χ3n) is 7.82. The second-order valence-corrected chi connectivity index (χ2v) is 16.8. The summed E-state index contributed by atoms with van der Waals surface area (Å²) in [7, 11) is 0. The Labute approximate surface area is 300 Å². The molecular formula is C40H62N6O4. The maximum absolute atomic E-state index is 11.6. The van der Waals surface area contributed by atoms with Gasteiger partial charge in [-0.15, -0.1) is 0 Å². The number of allylic oxidation sites excluding steroid dienone is 2. The Morgan fingerprint density at radius 2 is 1.12 bits per heavy atom. The monoisotopic (exact) mass is 690 g/mol. The van der Waals surface area contributed by atoms with Crippen LogP contribution >= 0.6 is 0 Å². The van der Waals surface area contributed by atoms with Crippen molar-refractivity contribution in [1.82, 2.24) is 28.9 Å². The number of rotatable bonds is 0. The molecule has 0 aliphatic carbocycles. The van der Waals surface area contributed by atoms with Gasteiger partial charge in [-0.2, -0.15) is 9.97 Å². The molecule has 0 fully saturated rings. The van der Waals surface area contributed by atoms with Crippen molar-refractivity contribution >= 4 is 11.8 Å². The fraction of sp³-hybridized carbons (Fsp3) is 0.550. The van der Waals surface area contributed by atoms with Crippen molar-refractivity contribution in [2.45, 2.75) is 146 Å². The van der Waals surface area contributed by atoms with Crippen molar-refractivity contribution < 1.29 is 9.59 Å². The Morgan fingerprint density at radius 3 is 1.56 bits per heavy atom. The van der Waals surface area contributed by atoms with Gasteiger partial charge in [0.15, 0.2) is 0 Å². The van der Waals surface area contributed by atoms with Gasteiger partial charge in [0.05, 0.1) is 12.8 Å². The molecule has 0 spiro atoms. The predicted molar refractivity (Wildman–Crippen MR) is 205 cm³/mol. The molecule has 0 unspecified atom stereocenters. The summed E-state index contributed by atoms with van der Waals surface area (Å²) in [5, 5.41) is 0. The number of aryl methyl sites for hydroxylation is 3. The summed E-state index contributed by atoms with van der Waals surface area (Å²) in [5.41, 5.74) is 4.59. The normalized spacial score (nSPS) is 15.3. The fourth-order valence-electron chi connectivity index (χ4n) is 4.64. The summed E-state index contributed by atoms with van der Waals surface area (Å²) in [6, 6.07) is 1.84. The summed E-state index contributed by atoms with van der Waals surface area (Å²) < 4.78 is 3.29. The number of nitrogens with zero attached hydrogens (tertiary/aromatic N) is 6. The van der Waals surface area contributed by atoms with Crippen LogP contribution in [-0.4, -0.2) is 51.8 Å². The number of carbonyl (C=O) groups excluding carboxylic acids is 2. The van der Waals surface area contributed by atoms with Crippen molar-refractivity contribution in [2.24, 2.45) is 0 Å². The lowest BCUT2D eigenvalue weighted by molar-refractivity contribution is -0.132. The first-order chi connectivity index (χ1) is 22.5. The SMILES string of the molecule is C=C1C=CN(C(C)(C)C)C(=O)C1.C=C1CC(=O)N(C(C)(C)C)C=C1C.Cc1ccn(C(C)(C)C)c(=O)n1.Cc1cn(C(C)(C)C)c(=O)nc1C. The van der Waals surface area contributed by atoms with Crippen LogP contribution in [0.2, 0.25) is 0 Å². The molecule has 10 heteroatoms. The summed E-state index contributed by atoms with van der Waals surface area (Å²) in [5.74, 6) is 0.276. The van der Waals surface area contributed by atoms with Crippen LogP contribution in [0.5, 0.6) is 0 Å². The van der Waals surface area contributed by atoms with E-state index < -0.39 is 0 Å². The van der Waals surface area contributed by atoms with Gasteiger partial charge in [0.1, 0.15) is 0 Å². The molecule has 0 radical (unpaired) electrons. The maximum atomic E-state index is 11.6. The Hall–Kier alpha value is -4.34. The number of carbonyl (C=O) groups is 2. The van der Waals surface area contributed by atoms with Gasteiger partial charge in [-0.25, -0.2) is 9.59 Å². The van der Waals surface area contributed by atoms with Crippen LogP contribution in [0.3, 0.4) is 0 Å². The van der Waals surface area contributed by atoms with E-state index in [1.807, 2.05) is 142 Å². The van der Waals surface area contributed by atoms with Crippen LogP contribution in [0.4, 0.5) is 0 Å². The molecule has 0 saturated carbocycles. The molecule has 276 valence electrons. The maximum Gasteiger partial charge on any atom is 0.348 e. The standard InChI is InChI=1S/C11H17NO.C10H16N2O.C10H15NO.C9H14N2O/c1-8-6-10(13)12(7-9(8)2)11(3,4)5;1-7-6-12(10(3,4)5)9(13)11-8(7)2;1-8-5-6-11(9(12)7-8)10(2,3)4;1-7-5-6-11(8(12)10-7)9(2,3)4/h7H,1,6H2,2-5H3;6H,1-5H3;5-6H,1,7H2,2-4H3;5-6H,1-4H3. The van der Waals surface area contributed by atoms with Gasteiger partial charge in [-0.1, -0.05) is 13.2 Å². The molecule has 0 saturated heterocycles. The molecule has 0 bridgehead atoms. The molecule has 2 amide bonds. The highest BCUT2D eigenvalue weighted by molar-refractivity contribution is 5.83. The molecule has 0 N–H and O–H groups in total. The Morgan fingerprint density at radius 1 is 0.640 bits per heavy atom. The van der Waals surface area contributed by atoms with E-state index >= 15 is 0 Å². The lowest BCUT2D eigenvalue weighted by atomic mass is 9.98. The smallest absolute Gasteiger partial charge is 0.314 e. The fourth-order valence-corrected chi connectivity index (χ4v) is 4.64. The molecule has 0 atom stereocenters. The molecular weight excluding hydrogens is 628 g/mol. The zero-order valence-corrected chi connectivity index (χ0v) is 33.6. The highest BCUT2D eigenvalue weighted by atomic mass is 16.2. The van der Waals surface area contributed by atoms with Gasteiger partial charge in [-0.3, -0.25) is 18.7 Å². The summed E-state index contributed by atoms with van der Waals surface area (Å²) in [6.07, 6.45) is 10.2. The topological polar surface area (TPSA) is 110 Å². The molecule has 10 nitrogen and oxygen atoms in total. The van der Waals surface area contributed by atoms with Crippen LogP contribution in [0, 0.1) is 20.8 Å². The van der Waals surface area contributed by atoms with Gasteiger partial charge >= 0.3 is 11.4 Å². The lowest BCUT2D eigenvalue weighted by Gasteiger charge is -2.36. The Balaban J connectivity index is 0.000000334. The van der Waals surface area contributed by atoms with Crippen LogP contribution in [0.25, 0.3) is 0 Å². The molecule has 2 aliphatic rings. The molecule has 4 rings (SSSR count). The van der Waals surface area contributed by atoms with E-state index in [2.05, 4.69) is 23.1 Å². The van der Waals surface area contributed by atoms with Gasteiger partial charge in [-0.05, 0) is 145 Å². The van der Waals surface area contributed by atoms with Crippen molar-refractivity contribution in [3.63, 3.8) is 0 Å². The van der Waals surface area contributed by atoms with Gasteiger partial charge < -0.3 is 9.80 Å². The third kappa shape index (κ3) is 13.2. The van der Waals surface area contributed by atoms with Crippen LogP contribution in [0.15, 0.2) is 76.4 Å². The summed E-state index contributed by atoms with van der Waals surface area (Å²) in [4.78, 5) is 57.2. The van der Waals surface area contributed by atoms with E-state index in [1.165, 1.54) is 0 Å². The minimum Gasteiger partial charge on any atom is -0.314 e. The first kappa shape index (κ1) is 43.7. The van der Waals surface area contributed by atoms with Crippen LogP contribution in [-0.2, 0) is 20.7 Å². The quantitative estimate of drug-likeness (QED) is 0.283. The highest BCUT2D eigenvalue weighted by Crippen LogP contribution is 2.26. The number of aromatic nitrogens is 4. The third-order valence-corrected chi connectivity index (χ3v) is 7.82. The summed E-state index contributed by atoms with van der Waals surface area (Å²) >= 11 is 0. The molecule has 50 heavy (non-hydrogen) atoms. The predicted octanol–water partition coefficient (Wildman–Crippen LogP) is 7.49. The molecule has 2 aromatic heterocycles. The van der Waals surface area contributed by atoms with Gasteiger partial charge in [0, 0.05) is 58.3 Å².